The second-order valence-electron chi connectivity index (χ2n) is 4.11. The van der Waals surface area contributed by atoms with Gasteiger partial charge >= 0.3 is 0 Å². The van der Waals surface area contributed by atoms with Crippen LogP contribution in [-0.2, 0) is 9.59 Å². The third-order valence-electron chi connectivity index (χ3n) is 2.36. The van der Waals surface area contributed by atoms with E-state index in [0.717, 1.165) is 5.69 Å². The Morgan fingerprint density at radius 3 is 2.12 bits per heavy atom. The van der Waals surface area contributed by atoms with Gasteiger partial charge in [-0.3, -0.25) is 9.59 Å². The van der Waals surface area contributed by atoms with Crippen molar-refractivity contribution >= 4 is 29.0 Å². The molecule has 0 aromatic heterocycles. The third kappa shape index (κ3) is 3.30. The van der Waals surface area contributed by atoms with Crippen LogP contribution >= 0.6 is 11.6 Å². The van der Waals surface area contributed by atoms with E-state index >= 15 is 0 Å². The molecule has 0 N–H and O–H groups in total. The van der Waals surface area contributed by atoms with Crippen LogP contribution in [0.1, 0.15) is 20.8 Å². The first kappa shape index (κ1) is 13.7. The predicted octanol–water partition coefficient (Wildman–Crippen LogP) is 2.62. The maximum atomic E-state index is 12.1. The van der Waals surface area contributed by atoms with E-state index in [-0.39, 0.29) is 17.7 Å². The molecule has 0 saturated heterocycles. The van der Waals surface area contributed by atoms with Crippen molar-refractivity contribution in [3.8, 4) is 0 Å². The van der Waals surface area contributed by atoms with Gasteiger partial charge in [0.15, 0.2) is 11.2 Å². The first-order chi connectivity index (χ1) is 7.95. The summed E-state index contributed by atoms with van der Waals surface area (Å²) in [6.45, 7) is 5.09. The van der Waals surface area contributed by atoms with Crippen molar-refractivity contribution in [2.24, 2.45) is 0 Å². The lowest BCUT2D eigenvalue weighted by molar-refractivity contribution is -0.125. The molecule has 0 fully saturated rings. The van der Waals surface area contributed by atoms with Crippen molar-refractivity contribution in [3.05, 3.63) is 30.3 Å². The highest BCUT2D eigenvalue weighted by Gasteiger charge is 2.28. The highest BCUT2D eigenvalue weighted by Crippen LogP contribution is 2.19. The molecule has 1 aromatic rings. The summed E-state index contributed by atoms with van der Waals surface area (Å²) in [6.07, 6.45) is 0. The topological polar surface area (TPSA) is 37.4 Å². The van der Waals surface area contributed by atoms with Crippen molar-refractivity contribution < 1.29 is 9.59 Å². The monoisotopic (exact) mass is 253 g/mol. The zero-order valence-electron chi connectivity index (χ0n) is 10.2. The van der Waals surface area contributed by atoms with Crippen LogP contribution < -0.4 is 4.90 Å². The zero-order chi connectivity index (χ0) is 13.0. The van der Waals surface area contributed by atoms with Gasteiger partial charge in [0.2, 0.25) is 0 Å². The van der Waals surface area contributed by atoms with Gasteiger partial charge in [-0.05, 0) is 32.9 Å². The van der Waals surface area contributed by atoms with Crippen molar-refractivity contribution in [1.29, 1.82) is 0 Å². The fourth-order valence-electron chi connectivity index (χ4n) is 1.56. The SMILES string of the molecule is CC(=O)C(Cl)C(=O)N(c1ccccc1)C(C)C. The Bertz CT molecular complexity index is 403. The molecule has 3 nitrogen and oxygen atoms in total. The molecule has 4 heteroatoms. The van der Waals surface area contributed by atoms with Gasteiger partial charge in [0, 0.05) is 11.7 Å². The van der Waals surface area contributed by atoms with Crippen molar-refractivity contribution in [2.75, 3.05) is 4.90 Å². The number of para-hydroxylation sites is 1. The van der Waals surface area contributed by atoms with Crippen LogP contribution in [0.4, 0.5) is 5.69 Å². The number of Topliss-reactive ketones (excluding diaryl/α,β-unsaturated/α-hetero) is 1. The normalized spacial score (nSPS) is 12.3. The van der Waals surface area contributed by atoms with Crippen LogP contribution in [0.2, 0.25) is 0 Å². The quantitative estimate of drug-likeness (QED) is 0.611. The first-order valence-corrected chi connectivity index (χ1v) is 5.91. The molecule has 0 radical (unpaired) electrons. The number of nitrogens with zero attached hydrogens (tertiary/aromatic N) is 1. The number of hydrogen-bond acceptors (Lipinski definition) is 2. The van der Waals surface area contributed by atoms with Gasteiger partial charge in [-0.25, -0.2) is 0 Å². The Hall–Kier alpha value is -1.35. The predicted molar refractivity (Wildman–Crippen MR) is 69.4 cm³/mol. The van der Waals surface area contributed by atoms with Gasteiger partial charge in [-0.2, -0.15) is 0 Å². The van der Waals surface area contributed by atoms with Gasteiger partial charge in [0.05, 0.1) is 0 Å². The molecule has 0 aliphatic heterocycles. The summed E-state index contributed by atoms with van der Waals surface area (Å²) in [5.74, 6) is -0.710. The summed E-state index contributed by atoms with van der Waals surface area (Å²) in [6, 6.07) is 9.15. The number of anilines is 1. The van der Waals surface area contributed by atoms with E-state index in [0.29, 0.717) is 0 Å². The minimum Gasteiger partial charge on any atom is -0.308 e. The van der Waals surface area contributed by atoms with E-state index in [2.05, 4.69) is 0 Å². The Balaban J connectivity index is 3.03. The van der Waals surface area contributed by atoms with E-state index in [1.807, 2.05) is 44.2 Å². The number of alkyl halides is 1. The number of carbonyl (C=O) groups is 2. The zero-order valence-corrected chi connectivity index (χ0v) is 10.9. The molecular formula is C13H16ClNO2. The number of hydrogen-bond donors (Lipinski definition) is 0. The standard InChI is InChI=1S/C13H16ClNO2/c1-9(2)15(11-7-5-4-6-8-11)13(17)12(14)10(3)16/h4-9,12H,1-3H3. The molecular weight excluding hydrogens is 238 g/mol. The highest BCUT2D eigenvalue weighted by atomic mass is 35.5. The lowest BCUT2D eigenvalue weighted by atomic mass is 10.2. The summed E-state index contributed by atoms with van der Waals surface area (Å²) in [5.41, 5.74) is 0.749. The fraction of sp³-hybridized carbons (Fsp3) is 0.385. The van der Waals surface area contributed by atoms with E-state index in [9.17, 15) is 9.59 Å². The van der Waals surface area contributed by atoms with Crippen molar-refractivity contribution in [1.82, 2.24) is 0 Å². The Labute approximate surface area is 106 Å². The molecule has 1 atom stereocenters. The number of amides is 1. The molecule has 0 aliphatic rings. The van der Waals surface area contributed by atoms with Gasteiger partial charge in [-0.15, -0.1) is 11.6 Å². The van der Waals surface area contributed by atoms with Crippen molar-refractivity contribution in [2.45, 2.75) is 32.2 Å². The lowest BCUT2D eigenvalue weighted by Gasteiger charge is -2.28. The second kappa shape index (κ2) is 5.82. The second-order valence-corrected chi connectivity index (χ2v) is 4.55. The Kier molecular flexibility index (Phi) is 4.70. The summed E-state index contributed by atoms with van der Waals surface area (Å²) in [4.78, 5) is 24.8. The number of rotatable bonds is 4. The lowest BCUT2D eigenvalue weighted by Crippen LogP contribution is -2.43. The Morgan fingerprint density at radius 1 is 1.18 bits per heavy atom. The van der Waals surface area contributed by atoms with Gasteiger partial charge < -0.3 is 4.90 Å². The first-order valence-electron chi connectivity index (χ1n) is 5.47. The van der Waals surface area contributed by atoms with Gasteiger partial charge in [0.1, 0.15) is 0 Å². The molecule has 0 bridgehead atoms. The number of halogens is 1. The number of carbonyl (C=O) groups excluding carboxylic acids is 2. The van der Waals surface area contributed by atoms with Crippen LogP contribution in [0.15, 0.2) is 30.3 Å². The smallest absolute Gasteiger partial charge is 0.252 e. The average molecular weight is 254 g/mol. The summed E-state index contributed by atoms with van der Waals surface area (Å²) < 4.78 is 0. The van der Waals surface area contributed by atoms with E-state index in [4.69, 9.17) is 11.6 Å². The minimum atomic E-state index is -1.11. The molecule has 1 amide bonds. The molecule has 0 saturated carbocycles. The molecule has 1 rings (SSSR count). The molecule has 1 aromatic carbocycles. The summed E-state index contributed by atoms with van der Waals surface area (Å²) in [7, 11) is 0. The maximum absolute atomic E-state index is 12.1. The molecule has 92 valence electrons. The average Bonchev–Trinajstić information content (AvgIpc) is 2.28. The van der Waals surface area contributed by atoms with Crippen LogP contribution in [0, 0.1) is 0 Å². The fourth-order valence-corrected chi connectivity index (χ4v) is 1.67. The van der Waals surface area contributed by atoms with Crippen LogP contribution in [-0.4, -0.2) is 23.1 Å². The molecule has 17 heavy (non-hydrogen) atoms. The molecule has 0 heterocycles. The van der Waals surface area contributed by atoms with Crippen LogP contribution in [0.5, 0.6) is 0 Å². The number of benzene rings is 1. The minimum absolute atomic E-state index is 0.0505. The Morgan fingerprint density at radius 2 is 1.71 bits per heavy atom. The summed E-state index contributed by atoms with van der Waals surface area (Å²) in [5, 5.41) is -1.11. The molecule has 0 aliphatic carbocycles. The van der Waals surface area contributed by atoms with E-state index in [1.165, 1.54) is 6.92 Å². The summed E-state index contributed by atoms with van der Waals surface area (Å²) >= 11 is 5.81. The maximum Gasteiger partial charge on any atom is 0.252 e. The molecule has 1 unspecified atom stereocenters. The third-order valence-corrected chi connectivity index (χ3v) is 2.86. The highest BCUT2D eigenvalue weighted by molar-refractivity contribution is 6.43. The van der Waals surface area contributed by atoms with Crippen LogP contribution in [0.25, 0.3) is 0 Å². The number of ketones is 1. The molecule has 0 spiro atoms. The van der Waals surface area contributed by atoms with E-state index in [1.54, 1.807) is 4.90 Å². The van der Waals surface area contributed by atoms with E-state index < -0.39 is 5.38 Å². The van der Waals surface area contributed by atoms with Crippen molar-refractivity contribution in [3.63, 3.8) is 0 Å². The van der Waals surface area contributed by atoms with Crippen LogP contribution in [0.3, 0.4) is 0 Å². The largest absolute Gasteiger partial charge is 0.308 e. The van der Waals surface area contributed by atoms with Gasteiger partial charge in [-0.1, -0.05) is 18.2 Å². The van der Waals surface area contributed by atoms with Gasteiger partial charge in [0.25, 0.3) is 5.91 Å².